The molecule has 0 fully saturated rings. The van der Waals surface area contributed by atoms with Gasteiger partial charge in [0.05, 0.1) is 5.02 Å². The van der Waals surface area contributed by atoms with Crippen LogP contribution in [0.25, 0.3) is 0 Å². The SMILES string of the molecule is NC(=O)NC(=O)COc1ccc(S(=O)(=O)Cl)c(Cl)c1Cl. The van der Waals surface area contributed by atoms with E-state index in [1.54, 1.807) is 5.32 Å². The Balaban J connectivity index is 2.92. The van der Waals surface area contributed by atoms with E-state index in [1.807, 2.05) is 0 Å². The average Bonchev–Trinajstić information content (AvgIpc) is 2.28. The first-order chi connectivity index (χ1) is 9.12. The lowest BCUT2D eigenvalue weighted by Gasteiger charge is -2.10. The van der Waals surface area contributed by atoms with Gasteiger partial charge in [-0.3, -0.25) is 10.1 Å². The number of nitrogens with one attached hydrogen (secondary N) is 1. The first-order valence-electron chi connectivity index (χ1n) is 4.77. The minimum atomic E-state index is -4.06. The van der Waals surface area contributed by atoms with Crippen molar-refractivity contribution >= 4 is 54.9 Å². The molecule has 3 N–H and O–H groups in total. The van der Waals surface area contributed by atoms with Crippen molar-refractivity contribution in [1.82, 2.24) is 5.32 Å². The summed E-state index contributed by atoms with van der Waals surface area (Å²) in [6.07, 6.45) is 0. The highest BCUT2D eigenvalue weighted by Gasteiger charge is 2.20. The van der Waals surface area contributed by atoms with Crippen molar-refractivity contribution in [2.75, 3.05) is 6.61 Å². The van der Waals surface area contributed by atoms with Gasteiger partial charge in [0, 0.05) is 10.7 Å². The predicted molar refractivity (Wildman–Crippen MR) is 72.7 cm³/mol. The third-order valence-electron chi connectivity index (χ3n) is 1.90. The number of nitrogens with two attached hydrogens (primary N) is 1. The van der Waals surface area contributed by atoms with E-state index in [-0.39, 0.29) is 20.7 Å². The number of halogens is 3. The van der Waals surface area contributed by atoms with Crippen LogP contribution in [0.3, 0.4) is 0 Å². The van der Waals surface area contributed by atoms with Gasteiger partial charge in [-0.2, -0.15) is 0 Å². The predicted octanol–water partition coefficient (Wildman–Crippen LogP) is 1.49. The number of ether oxygens (including phenoxy) is 1. The Kier molecular flexibility index (Phi) is 5.46. The molecular weight excluding hydrogens is 355 g/mol. The van der Waals surface area contributed by atoms with Crippen LogP contribution >= 0.6 is 33.9 Å². The number of amides is 3. The largest absolute Gasteiger partial charge is 0.482 e. The molecule has 0 aliphatic carbocycles. The molecule has 0 heterocycles. The number of urea groups is 1. The van der Waals surface area contributed by atoms with Gasteiger partial charge in [-0.25, -0.2) is 13.2 Å². The van der Waals surface area contributed by atoms with Gasteiger partial charge in [0.1, 0.15) is 15.7 Å². The van der Waals surface area contributed by atoms with Crippen LogP contribution in [0.4, 0.5) is 4.79 Å². The Morgan fingerprint density at radius 1 is 1.25 bits per heavy atom. The van der Waals surface area contributed by atoms with Gasteiger partial charge in [0.2, 0.25) is 0 Å². The van der Waals surface area contributed by atoms with Crippen LogP contribution in [0, 0.1) is 0 Å². The van der Waals surface area contributed by atoms with Crippen LogP contribution in [0.15, 0.2) is 17.0 Å². The molecule has 20 heavy (non-hydrogen) atoms. The van der Waals surface area contributed by atoms with Gasteiger partial charge in [0.15, 0.2) is 6.61 Å². The van der Waals surface area contributed by atoms with Crippen molar-refractivity contribution in [3.05, 3.63) is 22.2 Å². The van der Waals surface area contributed by atoms with Crippen molar-refractivity contribution in [2.24, 2.45) is 5.73 Å². The van der Waals surface area contributed by atoms with Crippen LogP contribution in [0.2, 0.25) is 10.0 Å². The molecule has 0 atom stereocenters. The summed E-state index contributed by atoms with van der Waals surface area (Å²) in [5, 5.41) is 1.19. The molecule has 11 heteroatoms. The molecule has 0 aliphatic heterocycles. The minimum Gasteiger partial charge on any atom is -0.482 e. The lowest BCUT2D eigenvalue weighted by molar-refractivity contribution is -0.121. The second-order valence-electron chi connectivity index (χ2n) is 3.33. The van der Waals surface area contributed by atoms with Gasteiger partial charge in [-0.1, -0.05) is 23.2 Å². The molecule has 0 aliphatic rings. The fourth-order valence-electron chi connectivity index (χ4n) is 1.13. The minimum absolute atomic E-state index is 0.0552. The van der Waals surface area contributed by atoms with E-state index in [0.717, 1.165) is 6.07 Å². The molecule has 1 aromatic carbocycles. The monoisotopic (exact) mass is 360 g/mol. The molecule has 110 valence electrons. The lowest BCUT2D eigenvalue weighted by atomic mass is 10.3. The van der Waals surface area contributed by atoms with Crippen molar-refractivity contribution in [1.29, 1.82) is 0 Å². The number of imide groups is 1. The van der Waals surface area contributed by atoms with Gasteiger partial charge in [-0.05, 0) is 12.1 Å². The van der Waals surface area contributed by atoms with Crippen molar-refractivity contribution in [2.45, 2.75) is 4.90 Å². The summed E-state index contributed by atoms with van der Waals surface area (Å²) in [6.45, 7) is -0.564. The van der Waals surface area contributed by atoms with E-state index in [4.69, 9.17) is 44.4 Å². The van der Waals surface area contributed by atoms with E-state index in [1.165, 1.54) is 6.07 Å². The third kappa shape index (κ3) is 4.41. The molecule has 0 saturated carbocycles. The first kappa shape index (κ1) is 16.8. The third-order valence-corrected chi connectivity index (χ3v) is 4.24. The zero-order valence-electron chi connectivity index (χ0n) is 9.52. The Morgan fingerprint density at radius 2 is 1.85 bits per heavy atom. The van der Waals surface area contributed by atoms with E-state index in [2.05, 4.69) is 0 Å². The maximum atomic E-state index is 11.2. The Labute approximate surface area is 128 Å². The maximum Gasteiger partial charge on any atom is 0.318 e. The molecule has 1 rings (SSSR count). The number of hydrogen-bond acceptors (Lipinski definition) is 5. The summed E-state index contributed by atoms with van der Waals surface area (Å²) in [5.41, 5.74) is 4.73. The van der Waals surface area contributed by atoms with Gasteiger partial charge >= 0.3 is 6.03 Å². The zero-order chi connectivity index (χ0) is 15.5. The number of primary amides is 1. The number of hydrogen-bond donors (Lipinski definition) is 2. The molecule has 0 aromatic heterocycles. The van der Waals surface area contributed by atoms with E-state index in [0.29, 0.717) is 0 Å². The molecule has 3 amide bonds. The zero-order valence-corrected chi connectivity index (χ0v) is 12.6. The fraction of sp³-hybridized carbons (Fsp3) is 0.111. The number of carbonyl (C=O) groups excluding carboxylic acids is 2. The number of benzene rings is 1. The average molecular weight is 362 g/mol. The summed E-state index contributed by atoms with van der Waals surface area (Å²) in [7, 11) is 1.09. The maximum absolute atomic E-state index is 11.2. The molecule has 0 spiro atoms. The van der Waals surface area contributed by atoms with Gasteiger partial charge in [0.25, 0.3) is 15.0 Å². The lowest BCUT2D eigenvalue weighted by Crippen LogP contribution is -2.38. The fourth-order valence-corrected chi connectivity index (χ4v) is 2.92. The van der Waals surface area contributed by atoms with E-state index < -0.39 is 27.6 Å². The van der Waals surface area contributed by atoms with Crippen molar-refractivity contribution in [3.8, 4) is 5.75 Å². The quantitative estimate of drug-likeness (QED) is 0.788. The Hall–Kier alpha value is -1.22. The van der Waals surface area contributed by atoms with Crippen LogP contribution in [0.5, 0.6) is 5.75 Å². The second-order valence-corrected chi connectivity index (χ2v) is 6.62. The molecule has 7 nitrogen and oxygen atoms in total. The highest BCUT2D eigenvalue weighted by atomic mass is 35.7. The standard InChI is InChI=1S/C9H7Cl3N2O5S/c10-7-4(19-3-6(15)14-9(13)16)1-2-5(8(7)11)20(12,17)18/h1-2H,3H2,(H3,13,14,15,16). The highest BCUT2D eigenvalue weighted by molar-refractivity contribution is 8.13. The Morgan fingerprint density at radius 3 is 2.35 bits per heavy atom. The van der Waals surface area contributed by atoms with Gasteiger partial charge < -0.3 is 10.5 Å². The normalized spacial score (nSPS) is 10.9. The van der Waals surface area contributed by atoms with E-state index in [9.17, 15) is 18.0 Å². The Bertz CT molecular complexity index is 662. The summed E-state index contributed by atoms with van der Waals surface area (Å²) in [6, 6.07) is 1.20. The number of rotatable bonds is 4. The van der Waals surface area contributed by atoms with Crippen molar-refractivity contribution in [3.63, 3.8) is 0 Å². The molecule has 0 saturated heterocycles. The van der Waals surface area contributed by atoms with E-state index >= 15 is 0 Å². The molecule has 0 bridgehead atoms. The summed E-state index contributed by atoms with van der Waals surface area (Å²) < 4.78 is 27.3. The van der Waals surface area contributed by atoms with Crippen LogP contribution < -0.4 is 15.8 Å². The van der Waals surface area contributed by atoms with Crippen molar-refractivity contribution < 1.29 is 22.7 Å². The number of carbonyl (C=O) groups is 2. The van der Waals surface area contributed by atoms with Gasteiger partial charge in [-0.15, -0.1) is 0 Å². The second kappa shape index (κ2) is 6.49. The highest BCUT2D eigenvalue weighted by Crippen LogP contribution is 2.37. The molecule has 0 radical (unpaired) electrons. The first-order valence-corrected chi connectivity index (χ1v) is 7.84. The topological polar surface area (TPSA) is 116 Å². The summed E-state index contributed by atoms with van der Waals surface area (Å²) in [5.74, 6) is -0.862. The molecule has 0 unspecified atom stereocenters. The molecular formula is C9H7Cl3N2O5S. The van der Waals surface area contributed by atoms with Crippen LogP contribution in [-0.2, 0) is 13.8 Å². The smallest absolute Gasteiger partial charge is 0.318 e. The summed E-state index contributed by atoms with van der Waals surface area (Å²) >= 11 is 11.5. The molecule has 1 aromatic rings. The van der Waals surface area contributed by atoms with Crippen LogP contribution in [-0.4, -0.2) is 27.0 Å². The summed E-state index contributed by atoms with van der Waals surface area (Å²) in [4.78, 5) is 21.1. The van der Waals surface area contributed by atoms with Crippen LogP contribution in [0.1, 0.15) is 0 Å².